The molecular weight excluding hydrogens is 228 g/mol. The van der Waals surface area contributed by atoms with Crippen molar-refractivity contribution in [2.45, 2.75) is 46.6 Å². The van der Waals surface area contributed by atoms with E-state index < -0.39 is 0 Å². The van der Waals surface area contributed by atoms with Gasteiger partial charge in [0.2, 0.25) is 5.91 Å². The summed E-state index contributed by atoms with van der Waals surface area (Å²) in [5.41, 5.74) is 5.75. The van der Waals surface area contributed by atoms with E-state index in [4.69, 9.17) is 10.5 Å². The van der Waals surface area contributed by atoms with Crippen molar-refractivity contribution in [1.29, 1.82) is 0 Å². The van der Waals surface area contributed by atoms with E-state index in [1.165, 1.54) is 0 Å². The lowest BCUT2D eigenvalue weighted by Crippen LogP contribution is -2.40. The smallest absolute Gasteiger partial charge is 0.223 e. The van der Waals surface area contributed by atoms with Crippen LogP contribution in [0.4, 0.5) is 0 Å². The molecule has 1 unspecified atom stereocenters. The second kappa shape index (κ2) is 9.34. The number of carbonyl (C=O) groups excluding carboxylic acids is 1. The number of methoxy groups -OCH3 is 1. The van der Waals surface area contributed by atoms with Gasteiger partial charge in [0.1, 0.15) is 0 Å². The number of hydrogen-bond acceptors (Lipinski definition) is 3. The van der Waals surface area contributed by atoms with Gasteiger partial charge >= 0.3 is 0 Å². The minimum absolute atomic E-state index is 0.193. The molecule has 0 aliphatic heterocycles. The van der Waals surface area contributed by atoms with Crippen LogP contribution in [0.2, 0.25) is 0 Å². The Bertz CT molecular complexity index is 230. The Labute approximate surface area is 112 Å². The Morgan fingerprint density at radius 1 is 1.28 bits per heavy atom. The van der Waals surface area contributed by atoms with Gasteiger partial charge in [0.25, 0.3) is 0 Å². The zero-order valence-corrected chi connectivity index (χ0v) is 12.6. The molecule has 0 spiro atoms. The highest BCUT2D eigenvalue weighted by Crippen LogP contribution is 2.16. The quantitative estimate of drug-likeness (QED) is 0.687. The van der Waals surface area contributed by atoms with Crippen molar-refractivity contribution in [1.82, 2.24) is 4.90 Å². The highest BCUT2D eigenvalue weighted by Gasteiger charge is 2.20. The molecule has 0 saturated carbocycles. The number of nitrogens with zero attached hydrogens (tertiary/aromatic N) is 1. The van der Waals surface area contributed by atoms with Crippen LogP contribution in [0.25, 0.3) is 0 Å². The van der Waals surface area contributed by atoms with Gasteiger partial charge < -0.3 is 15.4 Å². The van der Waals surface area contributed by atoms with Crippen molar-refractivity contribution in [2.24, 2.45) is 17.6 Å². The molecule has 0 rings (SSSR count). The first-order valence-corrected chi connectivity index (χ1v) is 6.90. The van der Waals surface area contributed by atoms with E-state index in [1.54, 1.807) is 7.11 Å². The van der Waals surface area contributed by atoms with Crippen molar-refractivity contribution in [3.05, 3.63) is 0 Å². The minimum atomic E-state index is 0.193. The molecule has 0 radical (unpaired) electrons. The molecule has 0 aliphatic rings. The van der Waals surface area contributed by atoms with Gasteiger partial charge in [-0.3, -0.25) is 4.79 Å². The Morgan fingerprint density at radius 3 is 2.28 bits per heavy atom. The fraction of sp³-hybridized carbons (Fsp3) is 0.929. The minimum Gasteiger partial charge on any atom is -0.383 e. The first-order valence-electron chi connectivity index (χ1n) is 6.90. The highest BCUT2D eigenvalue weighted by atomic mass is 16.5. The molecule has 0 heterocycles. The average Bonchev–Trinajstić information content (AvgIpc) is 2.27. The van der Waals surface area contributed by atoms with Crippen LogP contribution in [0.15, 0.2) is 0 Å². The molecule has 4 nitrogen and oxygen atoms in total. The van der Waals surface area contributed by atoms with E-state index >= 15 is 0 Å². The number of carbonyl (C=O) groups is 1. The summed E-state index contributed by atoms with van der Waals surface area (Å²) >= 11 is 0. The summed E-state index contributed by atoms with van der Waals surface area (Å²) in [7, 11) is 1.66. The Morgan fingerprint density at radius 2 is 1.89 bits per heavy atom. The summed E-state index contributed by atoms with van der Waals surface area (Å²) in [5, 5.41) is 0. The van der Waals surface area contributed by atoms with Gasteiger partial charge in [-0.15, -0.1) is 0 Å². The van der Waals surface area contributed by atoms with E-state index in [0.717, 1.165) is 6.42 Å². The molecule has 18 heavy (non-hydrogen) atoms. The number of rotatable bonds is 9. The summed E-state index contributed by atoms with van der Waals surface area (Å²) in [6, 6.07) is 0.213. The number of nitrogens with two attached hydrogens (primary N) is 1. The van der Waals surface area contributed by atoms with E-state index in [2.05, 4.69) is 13.8 Å². The second-order valence-electron chi connectivity index (χ2n) is 5.61. The van der Waals surface area contributed by atoms with E-state index in [1.807, 2.05) is 18.7 Å². The molecule has 1 amide bonds. The van der Waals surface area contributed by atoms with E-state index in [-0.39, 0.29) is 11.9 Å². The number of ether oxygens (including phenoxy) is 1. The zero-order chi connectivity index (χ0) is 14.1. The molecule has 0 aromatic heterocycles. The van der Waals surface area contributed by atoms with Crippen LogP contribution in [-0.4, -0.2) is 43.7 Å². The van der Waals surface area contributed by atoms with Crippen LogP contribution in [0.3, 0.4) is 0 Å². The summed E-state index contributed by atoms with van der Waals surface area (Å²) in [6.45, 7) is 10.2. The summed E-state index contributed by atoms with van der Waals surface area (Å²) in [5.74, 6) is 1.07. The molecule has 4 heteroatoms. The first kappa shape index (κ1) is 17.4. The third kappa shape index (κ3) is 6.97. The summed E-state index contributed by atoms with van der Waals surface area (Å²) in [6.07, 6.45) is 1.56. The van der Waals surface area contributed by atoms with Gasteiger partial charge in [0, 0.05) is 26.1 Å². The van der Waals surface area contributed by atoms with Crippen molar-refractivity contribution in [3.8, 4) is 0 Å². The molecule has 0 bridgehead atoms. The van der Waals surface area contributed by atoms with Gasteiger partial charge in [-0.1, -0.05) is 13.8 Å². The monoisotopic (exact) mass is 258 g/mol. The van der Waals surface area contributed by atoms with Crippen LogP contribution >= 0.6 is 0 Å². The van der Waals surface area contributed by atoms with Crippen molar-refractivity contribution >= 4 is 5.91 Å². The standard InChI is InChI=1S/C14H30N2O2/c1-11(2)8-13(10-15)9-14(17)16(12(3)4)6-7-18-5/h11-13H,6-10,15H2,1-5H3. The van der Waals surface area contributed by atoms with Gasteiger partial charge in [-0.05, 0) is 38.6 Å². The molecule has 1 atom stereocenters. The average molecular weight is 258 g/mol. The van der Waals surface area contributed by atoms with Crippen LogP contribution in [0.1, 0.15) is 40.5 Å². The van der Waals surface area contributed by atoms with Crippen LogP contribution < -0.4 is 5.73 Å². The maximum absolute atomic E-state index is 12.3. The molecule has 0 saturated heterocycles. The van der Waals surface area contributed by atoms with E-state index in [9.17, 15) is 4.79 Å². The topological polar surface area (TPSA) is 55.6 Å². The van der Waals surface area contributed by atoms with Gasteiger partial charge in [-0.25, -0.2) is 0 Å². The lowest BCUT2D eigenvalue weighted by Gasteiger charge is -2.28. The normalized spacial score (nSPS) is 13.1. The Kier molecular flexibility index (Phi) is 9.02. The van der Waals surface area contributed by atoms with Gasteiger partial charge in [-0.2, -0.15) is 0 Å². The maximum Gasteiger partial charge on any atom is 0.223 e. The predicted octanol–water partition coefficient (Wildman–Crippen LogP) is 1.88. The SMILES string of the molecule is COCCN(C(=O)CC(CN)CC(C)C)C(C)C. The largest absolute Gasteiger partial charge is 0.383 e. The lowest BCUT2D eigenvalue weighted by molar-refractivity contribution is -0.134. The Balaban J connectivity index is 4.38. The summed E-state index contributed by atoms with van der Waals surface area (Å²) in [4.78, 5) is 14.1. The molecule has 0 fully saturated rings. The second-order valence-corrected chi connectivity index (χ2v) is 5.61. The van der Waals surface area contributed by atoms with Crippen LogP contribution in [0.5, 0.6) is 0 Å². The van der Waals surface area contributed by atoms with Gasteiger partial charge in [0.15, 0.2) is 0 Å². The van der Waals surface area contributed by atoms with E-state index in [0.29, 0.717) is 38.0 Å². The van der Waals surface area contributed by atoms with Crippen LogP contribution in [-0.2, 0) is 9.53 Å². The Hall–Kier alpha value is -0.610. The first-order chi connectivity index (χ1) is 8.42. The lowest BCUT2D eigenvalue weighted by atomic mass is 9.93. The highest BCUT2D eigenvalue weighted by molar-refractivity contribution is 5.76. The predicted molar refractivity (Wildman–Crippen MR) is 75.3 cm³/mol. The number of hydrogen-bond donors (Lipinski definition) is 1. The maximum atomic E-state index is 12.3. The molecule has 2 N–H and O–H groups in total. The molecule has 0 aromatic carbocycles. The molecule has 0 aromatic rings. The number of amides is 1. The molecular formula is C14H30N2O2. The third-order valence-corrected chi connectivity index (χ3v) is 3.08. The van der Waals surface area contributed by atoms with Gasteiger partial charge in [0.05, 0.1) is 6.61 Å². The van der Waals surface area contributed by atoms with Crippen molar-refractivity contribution < 1.29 is 9.53 Å². The molecule has 108 valence electrons. The molecule has 0 aliphatic carbocycles. The summed E-state index contributed by atoms with van der Waals surface area (Å²) < 4.78 is 5.05. The fourth-order valence-electron chi connectivity index (χ4n) is 2.15. The van der Waals surface area contributed by atoms with Crippen molar-refractivity contribution in [2.75, 3.05) is 26.8 Å². The van der Waals surface area contributed by atoms with Crippen molar-refractivity contribution in [3.63, 3.8) is 0 Å². The zero-order valence-electron chi connectivity index (χ0n) is 12.6. The third-order valence-electron chi connectivity index (χ3n) is 3.08. The fourth-order valence-corrected chi connectivity index (χ4v) is 2.15. The van der Waals surface area contributed by atoms with Crippen LogP contribution in [0, 0.1) is 11.8 Å².